The van der Waals surface area contributed by atoms with Crippen molar-refractivity contribution < 1.29 is 14.3 Å². The lowest BCUT2D eigenvalue weighted by Gasteiger charge is -2.17. The normalized spacial score (nSPS) is 12.2. The summed E-state index contributed by atoms with van der Waals surface area (Å²) in [6.07, 6.45) is 1.00. The highest BCUT2D eigenvalue weighted by Gasteiger charge is 2.25. The highest BCUT2D eigenvalue weighted by Crippen LogP contribution is 2.34. The van der Waals surface area contributed by atoms with Crippen LogP contribution < -0.4 is 5.73 Å². The highest BCUT2D eigenvalue weighted by molar-refractivity contribution is 5.68. The second kappa shape index (κ2) is 7.25. The smallest absolute Gasteiger partial charge is 0.405 e. The molecule has 24 heavy (non-hydrogen) atoms. The molecule has 2 aromatic rings. The van der Waals surface area contributed by atoms with Gasteiger partial charge in [0.25, 0.3) is 0 Å². The summed E-state index contributed by atoms with van der Waals surface area (Å²) in [5.41, 5.74) is 8.19. The topological polar surface area (TPSA) is 100 Å². The molecule has 1 amide bonds. The van der Waals surface area contributed by atoms with Gasteiger partial charge in [0.1, 0.15) is 18.2 Å². The van der Waals surface area contributed by atoms with Gasteiger partial charge in [-0.25, -0.2) is 9.78 Å². The van der Waals surface area contributed by atoms with Gasteiger partial charge in [0.15, 0.2) is 0 Å². The number of aldehydes is 1. The van der Waals surface area contributed by atoms with E-state index in [-0.39, 0.29) is 12.5 Å². The fraction of sp³-hybridized carbons (Fsp3) is 0.412. The Labute approximate surface area is 140 Å². The minimum Gasteiger partial charge on any atom is -0.440 e. The average Bonchev–Trinajstić information content (AvgIpc) is 2.84. The molecule has 0 aliphatic heterocycles. The van der Waals surface area contributed by atoms with Crippen LogP contribution in [0.2, 0.25) is 0 Å². The number of imidazole rings is 1. The molecule has 0 bridgehead atoms. The summed E-state index contributed by atoms with van der Waals surface area (Å²) in [5.74, 6) is 0.850. The van der Waals surface area contributed by atoms with E-state index in [4.69, 9.17) is 10.5 Å². The Morgan fingerprint density at radius 1 is 1.42 bits per heavy atom. The van der Waals surface area contributed by atoms with Crippen molar-refractivity contribution in [3.05, 3.63) is 35.5 Å². The van der Waals surface area contributed by atoms with Crippen LogP contribution in [0.15, 0.2) is 18.3 Å². The zero-order valence-electron chi connectivity index (χ0n) is 14.3. The molecule has 0 saturated carbocycles. The first-order valence-electron chi connectivity index (χ1n) is 7.78. The third kappa shape index (κ3) is 3.45. The van der Waals surface area contributed by atoms with E-state index >= 15 is 0 Å². The van der Waals surface area contributed by atoms with E-state index in [0.717, 1.165) is 17.5 Å². The number of carbonyl (C=O) groups is 2. The Morgan fingerprint density at radius 2 is 2.12 bits per heavy atom. The van der Waals surface area contributed by atoms with E-state index in [1.54, 1.807) is 24.6 Å². The number of pyridine rings is 1. The number of rotatable bonds is 6. The molecular weight excluding hydrogens is 308 g/mol. The van der Waals surface area contributed by atoms with Crippen LogP contribution in [0.3, 0.4) is 0 Å². The van der Waals surface area contributed by atoms with Crippen LogP contribution in [-0.4, -0.2) is 26.9 Å². The molecule has 7 nitrogen and oxygen atoms in total. The van der Waals surface area contributed by atoms with Gasteiger partial charge in [0, 0.05) is 11.8 Å². The van der Waals surface area contributed by atoms with E-state index in [0.29, 0.717) is 17.2 Å². The summed E-state index contributed by atoms with van der Waals surface area (Å²) in [6.45, 7) is 7.72. The van der Waals surface area contributed by atoms with Crippen LogP contribution in [0, 0.1) is 6.92 Å². The zero-order valence-corrected chi connectivity index (χ0v) is 14.3. The van der Waals surface area contributed by atoms with Crippen molar-refractivity contribution in [2.75, 3.05) is 0 Å². The van der Waals surface area contributed by atoms with E-state index in [2.05, 4.69) is 9.97 Å². The second-order valence-corrected chi connectivity index (χ2v) is 5.84. The van der Waals surface area contributed by atoms with Gasteiger partial charge in [0.2, 0.25) is 0 Å². The third-order valence-electron chi connectivity index (χ3n) is 3.77. The minimum absolute atomic E-state index is 0.123. The molecule has 0 aliphatic rings. The number of nitrogens with two attached hydrogens (primary N) is 1. The lowest BCUT2D eigenvalue weighted by Crippen LogP contribution is -2.19. The molecule has 128 valence electrons. The highest BCUT2D eigenvalue weighted by atomic mass is 16.6. The maximum atomic E-state index is 11.2. The van der Waals surface area contributed by atoms with Gasteiger partial charge in [-0.05, 0) is 31.9 Å². The Bertz CT molecular complexity index is 752. The maximum Gasteiger partial charge on any atom is 0.405 e. The minimum atomic E-state index is -0.875. The number of aromatic nitrogens is 3. The molecular formula is C17H22N4O3. The quantitative estimate of drug-likeness (QED) is 0.821. The standard InChI is InChI=1S/C17H22N4O3/c1-10(2)14-13(6-5-7-19-14)15-16(11(3)24-17(18)23)21(8-9-22)12(4)20-15/h5-7,9-11H,8H2,1-4H3,(H2,18,23). The van der Waals surface area contributed by atoms with Gasteiger partial charge in [-0.3, -0.25) is 4.98 Å². The molecule has 0 spiro atoms. The molecule has 0 fully saturated rings. The molecule has 0 aliphatic carbocycles. The monoisotopic (exact) mass is 330 g/mol. The lowest BCUT2D eigenvalue weighted by molar-refractivity contribution is -0.108. The second-order valence-electron chi connectivity index (χ2n) is 5.84. The van der Waals surface area contributed by atoms with Crippen molar-refractivity contribution >= 4 is 12.4 Å². The van der Waals surface area contributed by atoms with E-state index in [9.17, 15) is 9.59 Å². The van der Waals surface area contributed by atoms with Crippen molar-refractivity contribution in [3.8, 4) is 11.3 Å². The van der Waals surface area contributed by atoms with Gasteiger partial charge in [0.05, 0.1) is 23.6 Å². The Kier molecular flexibility index (Phi) is 5.33. The van der Waals surface area contributed by atoms with Crippen LogP contribution >= 0.6 is 0 Å². The Morgan fingerprint density at radius 3 is 2.71 bits per heavy atom. The van der Waals surface area contributed by atoms with E-state index in [1.165, 1.54) is 0 Å². The van der Waals surface area contributed by atoms with Gasteiger partial charge in [-0.2, -0.15) is 0 Å². The van der Waals surface area contributed by atoms with Gasteiger partial charge in [-0.1, -0.05) is 13.8 Å². The first-order valence-corrected chi connectivity index (χ1v) is 7.78. The van der Waals surface area contributed by atoms with Crippen molar-refractivity contribution in [2.45, 2.75) is 46.3 Å². The largest absolute Gasteiger partial charge is 0.440 e. The summed E-state index contributed by atoms with van der Waals surface area (Å²) in [6, 6.07) is 3.76. The molecule has 2 N–H and O–H groups in total. The average molecular weight is 330 g/mol. The van der Waals surface area contributed by atoms with Crippen LogP contribution in [0.1, 0.15) is 50.0 Å². The molecule has 2 rings (SSSR count). The summed E-state index contributed by atoms with van der Waals surface area (Å²) in [7, 11) is 0. The SMILES string of the molecule is Cc1nc(-c2cccnc2C(C)C)c(C(C)OC(N)=O)n1CC=O. The van der Waals surface area contributed by atoms with Crippen LogP contribution in [0.25, 0.3) is 11.3 Å². The molecule has 0 saturated heterocycles. The molecule has 2 aromatic heterocycles. The van der Waals surface area contributed by atoms with Crippen molar-refractivity contribution in [1.82, 2.24) is 14.5 Å². The van der Waals surface area contributed by atoms with Crippen LogP contribution in [0.5, 0.6) is 0 Å². The van der Waals surface area contributed by atoms with Crippen LogP contribution in [-0.2, 0) is 16.1 Å². The Balaban J connectivity index is 2.68. The summed E-state index contributed by atoms with van der Waals surface area (Å²) in [4.78, 5) is 31.3. The summed E-state index contributed by atoms with van der Waals surface area (Å²) < 4.78 is 6.87. The van der Waals surface area contributed by atoms with Gasteiger partial charge in [-0.15, -0.1) is 0 Å². The van der Waals surface area contributed by atoms with E-state index in [1.807, 2.05) is 26.0 Å². The molecule has 0 radical (unpaired) electrons. The van der Waals surface area contributed by atoms with Gasteiger partial charge >= 0.3 is 6.09 Å². The first kappa shape index (κ1) is 17.7. The zero-order chi connectivity index (χ0) is 17.9. The number of primary amides is 1. The Hall–Kier alpha value is -2.70. The number of amides is 1. The summed E-state index contributed by atoms with van der Waals surface area (Å²) >= 11 is 0. The molecule has 0 aromatic carbocycles. The van der Waals surface area contributed by atoms with Crippen molar-refractivity contribution in [1.29, 1.82) is 0 Å². The number of hydrogen-bond donors (Lipinski definition) is 1. The molecule has 1 atom stereocenters. The predicted octanol–water partition coefficient (Wildman–Crippen LogP) is 2.73. The van der Waals surface area contributed by atoms with Gasteiger partial charge < -0.3 is 19.8 Å². The third-order valence-corrected chi connectivity index (χ3v) is 3.77. The van der Waals surface area contributed by atoms with Crippen molar-refractivity contribution in [2.24, 2.45) is 5.73 Å². The number of nitrogens with zero attached hydrogens (tertiary/aromatic N) is 3. The first-order chi connectivity index (χ1) is 11.4. The van der Waals surface area contributed by atoms with E-state index < -0.39 is 12.2 Å². The fourth-order valence-corrected chi connectivity index (χ4v) is 2.80. The predicted molar refractivity (Wildman–Crippen MR) is 89.4 cm³/mol. The lowest BCUT2D eigenvalue weighted by atomic mass is 9.99. The number of ether oxygens (including phenoxy) is 1. The fourth-order valence-electron chi connectivity index (χ4n) is 2.80. The summed E-state index contributed by atoms with van der Waals surface area (Å²) in [5, 5.41) is 0. The number of aryl methyl sites for hydroxylation is 1. The number of carbonyl (C=O) groups excluding carboxylic acids is 2. The molecule has 1 unspecified atom stereocenters. The molecule has 2 heterocycles. The molecule has 7 heteroatoms. The van der Waals surface area contributed by atoms with Crippen LogP contribution in [0.4, 0.5) is 4.79 Å². The van der Waals surface area contributed by atoms with Crippen molar-refractivity contribution in [3.63, 3.8) is 0 Å². The number of hydrogen-bond acceptors (Lipinski definition) is 5. The maximum absolute atomic E-state index is 11.2.